The van der Waals surface area contributed by atoms with Crippen LogP contribution in [0.1, 0.15) is 23.6 Å². The van der Waals surface area contributed by atoms with Gasteiger partial charge in [0.05, 0.1) is 18.5 Å². The fraction of sp³-hybridized carbons (Fsp3) is 0.250. The number of nitrogens with one attached hydrogen (secondary N) is 1. The first-order chi connectivity index (χ1) is 14.5. The third kappa shape index (κ3) is 5.10. The number of hydrogen-bond donors (Lipinski definition) is 1. The van der Waals surface area contributed by atoms with Crippen molar-refractivity contribution in [1.29, 1.82) is 5.26 Å². The number of likely N-dealkylation sites (N-methyl/N-ethyl adjacent to an activating group) is 1. The predicted octanol–water partition coefficient (Wildman–Crippen LogP) is 4.64. The van der Waals surface area contributed by atoms with Crippen LogP contribution in [0, 0.1) is 11.3 Å². The highest BCUT2D eigenvalue weighted by Crippen LogP contribution is 2.25. The van der Waals surface area contributed by atoms with Crippen molar-refractivity contribution in [1.82, 2.24) is 14.8 Å². The molecule has 3 rings (SSSR count). The number of benzene rings is 2. The van der Waals surface area contributed by atoms with Crippen molar-refractivity contribution in [3.8, 4) is 6.07 Å². The lowest BCUT2D eigenvalue weighted by Gasteiger charge is -2.25. The molecule has 1 atom stereocenters. The minimum Gasteiger partial charge on any atom is -0.351 e. The molecule has 0 saturated heterocycles. The lowest BCUT2D eigenvalue weighted by molar-refractivity contribution is -0.116. The topological polar surface area (TPSA) is 61.1 Å². The fourth-order valence-corrected chi connectivity index (χ4v) is 3.76. The van der Waals surface area contributed by atoms with E-state index in [1.54, 1.807) is 6.08 Å². The molecule has 0 saturated carbocycles. The number of halogens is 1. The summed E-state index contributed by atoms with van der Waals surface area (Å²) in [5.74, 6) is -0.164. The fourth-order valence-electron chi connectivity index (χ4n) is 3.50. The van der Waals surface area contributed by atoms with E-state index in [0.717, 1.165) is 22.0 Å². The van der Waals surface area contributed by atoms with Crippen LogP contribution in [0.3, 0.4) is 0 Å². The van der Waals surface area contributed by atoms with E-state index < -0.39 is 0 Å². The maximum atomic E-state index is 12.5. The van der Waals surface area contributed by atoms with Crippen molar-refractivity contribution in [2.45, 2.75) is 19.0 Å². The third-order valence-corrected chi connectivity index (χ3v) is 5.40. The first-order valence-electron chi connectivity index (χ1n) is 9.83. The van der Waals surface area contributed by atoms with Crippen LogP contribution < -0.4 is 5.32 Å². The molecular weight excluding hydrogens is 396 g/mol. The summed E-state index contributed by atoms with van der Waals surface area (Å²) in [5, 5.41) is 13.6. The Morgan fingerprint density at radius 3 is 2.70 bits per heavy atom. The van der Waals surface area contributed by atoms with Crippen molar-refractivity contribution in [3.05, 3.63) is 77.0 Å². The van der Waals surface area contributed by atoms with Crippen molar-refractivity contribution >= 4 is 34.5 Å². The van der Waals surface area contributed by atoms with E-state index in [-0.39, 0.29) is 11.9 Å². The lowest BCUT2D eigenvalue weighted by atomic mass is 10.1. The highest BCUT2D eigenvalue weighted by molar-refractivity contribution is 6.31. The van der Waals surface area contributed by atoms with Crippen LogP contribution in [0.15, 0.2) is 60.8 Å². The Morgan fingerprint density at radius 2 is 1.97 bits per heavy atom. The quantitative estimate of drug-likeness (QED) is 0.540. The number of hydrogen-bond acceptors (Lipinski definition) is 3. The van der Waals surface area contributed by atoms with E-state index in [1.807, 2.05) is 79.8 Å². The molecule has 0 aliphatic rings. The predicted molar refractivity (Wildman–Crippen MR) is 122 cm³/mol. The Balaban J connectivity index is 1.72. The molecule has 30 heavy (non-hydrogen) atoms. The lowest BCUT2D eigenvalue weighted by Crippen LogP contribution is -2.33. The van der Waals surface area contributed by atoms with Gasteiger partial charge < -0.3 is 14.8 Å². The number of carbonyl (C=O) groups is 1. The monoisotopic (exact) mass is 420 g/mol. The number of carbonyl (C=O) groups excluding carboxylic acids is 1. The molecule has 5 nitrogen and oxygen atoms in total. The van der Waals surface area contributed by atoms with E-state index in [1.165, 1.54) is 0 Å². The van der Waals surface area contributed by atoms with E-state index in [0.29, 0.717) is 24.5 Å². The molecule has 3 aromatic rings. The highest BCUT2D eigenvalue weighted by atomic mass is 35.5. The second-order valence-electron chi connectivity index (χ2n) is 7.28. The van der Waals surface area contributed by atoms with Crippen molar-refractivity contribution in [3.63, 3.8) is 0 Å². The summed E-state index contributed by atoms with van der Waals surface area (Å²) in [6.07, 6.45) is 5.80. The maximum Gasteiger partial charge on any atom is 0.244 e. The summed E-state index contributed by atoms with van der Waals surface area (Å²) < 4.78 is 2.05. The van der Waals surface area contributed by atoms with Gasteiger partial charge in [0.1, 0.15) is 0 Å². The number of nitrogens with zero attached hydrogens (tertiary/aromatic N) is 3. The molecule has 2 aromatic carbocycles. The van der Waals surface area contributed by atoms with Gasteiger partial charge in [-0.2, -0.15) is 5.26 Å². The van der Waals surface area contributed by atoms with E-state index in [9.17, 15) is 4.79 Å². The van der Waals surface area contributed by atoms with Gasteiger partial charge in [-0.15, -0.1) is 0 Å². The van der Waals surface area contributed by atoms with Gasteiger partial charge in [-0.25, -0.2) is 0 Å². The van der Waals surface area contributed by atoms with Gasteiger partial charge in [-0.05, 0) is 37.9 Å². The Bertz CT molecular complexity index is 1090. The average molecular weight is 421 g/mol. The van der Waals surface area contributed by atoms with Crippen LogP contribution in [-0.2, 0) is 11.3 Å². The van der Waals surface area contributed by atoms with Gasteiger partial charge >= 0.3 is 0 Å². The standard InChI is InChI=1S/C24H25ClN4O/c1-28(2)23(20-9-3-5-10-21(20)25)16-27-24(30)13-12-18-17-29(15-7-14-26)22-11-6-4-8-19(18)22/h3-6,8-13,17,23H,7,15-16H2,1-2H3,(H,27,30). The Hall–Kier alpha value is -3.07. The van der Waals surface area contributed by atoms with E-state index in [4.69, 9.17) is 16.9 Å². The summed E-state index contributed by atoms with van der Waals surface area (Å²) in [5.41, 5.74) is 2.99. The van der Waals surface area contributed by atoms with Gasteiger partial charge in [0.25, 0.3) is 0 Å². The minimum absolute atomic E-state index is 0.0241. The zero-order valence-corrected chi connectivity index (χ0v) is 17.9. The van der Waals surface area contributed by atoms with Gasteiger partial charge in [-0.3, -0.25) is 4.79 Å². The molecular formula is C24H25ClN4O. The van der Waals surface area contributed by atoms with Crippen LogP contribution in [0.4, 0.5) is 0 Å². The summed E-state index contributed by atoms with van der Waals surface area (Å²) in [6.45, 7) is 1.07. The van der Waals surface area contributed by atoms with Crippen LogP contribution in [-0.4, -0.2) is 36.0 Å². The summed E-state index contributed by atoms with van der Waals surface area (Å²) in [6, 6.07) is 17.8. The van der Waals surface area contributed by atoms with Crippen LogP contribution in [0.2, 0.25) is 5.02 Å². The van der Waals surface area contributed by atoms with E-state index >= 15 is 0 Å². The Morgan fingerprint density at radius 1 is 1.23 bits per heavy atom. The van der Waals surface area contributed by atoms with Gasteiger partial charge in [0.15, 0.2) is 0 Å². The zero-order valence-electron chi connectivity index (χ0n) is 17.2. The zero-order chi connectivity index (χ0) is 21.5. The number of nitriles is 1. The maximum absolute atomic E-state index is 12.5. The minimum atomic E-state index is -0.164. The summed E-state index contributed by atoms with van der Waals surface area (Å²) >= 11 is 6.34. The normalized spacial score (nSPS) is 12.4. The van der Waals surface area contributed by atoms with Crippen LogP contribution in [0.25, 0.3) is 17.0 Å². The molecule has 0 spiro atoms. The molecule has 1 N–H and O–H groups in total. The number of aromatic nitrogens is 1. The number of rotatable bonds is 8. The number of aryl methyl sites for hydroxylation is 1. The first-order valence-corrected chi connectivity index (χ1v) is 10.2. The smallest absolute Gasteiger partial charge is 0.244 e. The molecule has 1 amide bonds. The molecule has 0 fully saturated rings. The molecule has 0 radical (unpaired) electrons. The molecule has 6 heteroatoms. The molecule has 1 heterocycles. The number of amides is 1. The molecule has 0 aliphatic carbocycles. The van der Waals surface area contributed by atoms with Gasteiger partial charge in [0, 0.05) is 46.9 Å². The Kier molecular flexibility index (Phi) is 7.29. The highest BCUT2D eigenvalue weighted by Gasteiger charge is 2.17. The van der Waals surface area contributed by atoms with Crippen LogP contribution in [0.5, 0.6) is 0 Å². The molecule has 0 aliphatic heterocycles. The summed E-state index contributed by atoms with van der Waals surface area (Å²) in [7, 11) is 3.93. The Labute approximate surface area is 182 Å². The van der Waals surface area contributed by atoms with Crippen molar-refractivity contribution < 1.29 is 4.79 Å². The second kappa shape index (κ2) is 10.1. The average Bonchev–Trinajstić information content (AvgIpc) is 3.09. The molecule has 1 unspecified atom stereocenters. The summed E-state index contributed by atoms with van der Waals surface area (Å²) in [4.78, 5) is 14.5. The number of para-hydroxylation sites is 1. The van der Waals surface area contributed by atoms with Crippen molar-refractivity contribution in [2.24, 2.45) is 0 Å². The SMILES string of the molecule is CN(C)C(CNC(=O)C=Cc1cn(CCC#N)c2ccccc12)c1ccccc1Cl. The molecule has 1 aromatic heterocycles. The van der Waals surface area contributed by atoms with Gasteiger partial charge in [-0.1, -0.05) is 48.0 Å². The third-order valence-electron chi connectivity index (χ3n) is 5.06. The molecule has 0 bridgehead atoms. The largest absolute Gasteiger partial charge is 0.351 e. The van der Waals surface area contributed by atoms with E-state index in [2.05, 4.69) is 16.0 Å². The second-order valence-corrected chi connectivity index (χ2v) is 7.69. The number of fused-ring (bicyclic) bond motifs is 1. The van der Waals surface area contributed by atoms with Crippen LogP contribution >= 0.6 is 11.6 Å². The molecule has 154 valence electrons. The first kappa shape index (κ1) is 21.6. The van der Waals surface area contributed by atoms with Crippen molar-refractivity contribution in [2.75, 3.05) is 20.6 Å². The van der Waals surface area contributed by atoms with Gasteiger partial charge in [0.2, 0.25) is 5.91 Å².